The van der Waals surface area contributed by atoms with Crippen molar-refractivity contribution in [3.63, 3.8) is 0 Å². The number of halogens is 3. The van der Waals surface area contributed by atoms with Crippen LogP contribution in [0.1, 0.15) is 36.7 Å². The van der Waals surface area contributed by atoms with Crippen molar-refractivity contribution < 1.29 is 18.0 Å². The molecular weight excluding hydrogens is 397 g/mol. The summed E-state index contributed by atoms with van der Waals surface area (Å²) < 4.78 is 40.6. The molecule has 5 N–H and O–H groups in total. The number of amides is 1. The molecule has 0 saturated carbocycles. The van der Waals surface area contributed by atoms with Crippen molar-refractivity contribution in [2.45, 2.75) is 32.9 Å². The molecular formula is C20H23F3N6O. The van der Waals surface area contributed by atoms with Crippen molar-refractivity contribution in [3.05, 3.63) is 58.7 Å². The van der Waals surface area contributed by atoms with Crippen molar-refractivity contribution in [2.75, 3.05) is 11.4 Å². The van der Waals surface area contributed by atoms with Crippen molar-refractivity contribution in [2.24, 2.45) is 17.4 Å². The number of rotatable bonds is 6. The van der Waals surface area contributed by atoms with Crippen LogP contribution < -0.4 is 16.4 Å². The number of H-pyrrole nitrogens is 1. The topological polar surface area (TPSA) is 114 Å². The number of alkyl halides is 1. The molecule has 1 atom stereocenters. The minimum absolute atomic E-state index is 0.103. The first-order valence-electron chi connectivity index (χ1n) is 9.47. The van der Waals surface area contributed by atoms with E-state index in [0.29, 0.717) is 36.4 Å². The van der Waals surface area contributed by atoms with E-state index in [-0.39, 0.29) is 29.4 Å². The molecule has 30 heavy (non-hydrogen) atoms. The number of carbonyl (C=O) groups is 1. The Morgan fingerprint density at radius 3 is 2.77 bits per heavy atom. The van der Waals surface area contributed by atoms with Gasteiger partial charge in [-0.1, -0.05) is 6.07 Å². The summed E-state index contributed by atoms with van der Waals surface area (Å²) >= 11 is 0. The molecule has 1 aromatic carbocycles. The summed E-state index contributed by atoms with van der Waals surface area (Å²) in [7, 11) is 0. The van der Waals surface area contributed by atoms with Gasteiger partial charge in [0.2, 0.25) is 5.91 Å². The van der Waals surface area contributed by atoms with Gasteiger partial charge < -0.3 is 11.5 Å². The SMILES string of the molecule is CC(=C/N)/C(=C\N)c1nc(N2CCCC(Cc3ccc(F)c(F)c3CF)C2=O)n[nH]1. The van der Waals surface area contributed by atoms with Gasteiger partial charge in [0, 0.05) is 29.8 Å². The highest BCUT2D eigenvalue weighted by molar-refractivity contribution is 5.94. The number of aromatic amines is 1. The molecule has 1 aromatic heterocycles. The highest BCUT2D eigenvalue weighted by Crippen LogP contribution is 2.29. The molecule has 0 aliphatic carbocycles. The number of benzene rings is 1. The van der Waals surface area contributed by atoms with Gasteiger partial charge in [-0.3, -0.25) is 14.8 Å². The fourth-order valence-electron chi connectivity index (χ4n) is 3.55. The molecule has 1 aliphatic rings. The molecule has 3 rings (SSSR count). The molecule has 0 spiro atoms. The van der Waals surface area contributed by atoms with Crippen molar-refractivity contribution in [1.29, 1.82) is 0 Å². The Morgan fingerprint density at radius 2 is 2.10 bits per heavy atom. The van der Waals surface area contributed by atoms with E-state index >= 15 is 0 Å². The van der Waals surface area contributed by atoms with Crippen molar-refractivity contribution in [3.8, 4) is 0 Å². The van der Waals surface area contributed by atoms with E-state index in [9.17, 15) is 18.0 Å². The predicted octanol–water partition coefficient (Wildman–Crippen LogP) is 2.70. The van der Waals surface area contributed by atoms with Crippen LogP contribution in [0.4, 0.5) is 19.1 Å². The van der Waals surface area contributed by atoms with Crippen LogP contribution in [0.2, 0.25) is 0 Å². The van der Waals surface area contributed by atoms with Gasteiger partial charge in [0.15, 0.2) is 17.5 Å². The lowest BCUT2D eigenvalue weighted by Gasteiger charge is -2.30. The Bertz CT molecular complexity index is 1000. The van der Waals surface area contributed by atoms with Crippen LogP contribution >= 0.6 is 0 Å². The summed E-state index contributed by atoms with van der Waals surface area (Å²) in [6.07, 6.45) is 4.03. The molecule has 10 heteroatoms. The van der Waals surface area contributed by atoms with E-state index in [1.54, 1.807) is 6.92 Å². The number of hydrogen-bond donors (Lipinski definition) is 3. The van der Waals surface area contributed by atoms with Crippen LogP contribution in [0.5, 0.6) is 0 Å². The summed E-state index contributed by atoms with van der Waals surface area (Å²) in [6, 6.07) is 2.27. The van der Waals surface area contributed by atoms with Crippen LogP contribution in [0, 0.1) is 17.6 Å². The summed E-state index contributed by atoms with van der Waals surface area (Å²) in [6.45, 7) is 1.02. The molecule has 1 saturated heterocycles. The number of anilines is 1. The molecule has 160 valence electrons. The average Bonchev–Trinajstić information content (AvgIpc) is 3.22. The van der Waals surface area contributed by atoms with E-state index in [1.165, 1.54) is 23.4 Å². The maximum absolute atomic E-state index is 13.9. The second-order valence-corrected chi connectivity index (χ2v) is 7.08. The third-order valence-electron chi connectivity index (χ3n) is 5.25. The lowest BCUT2D eigenvalue weighted by Crippen LogP contribution is -2.42. The molecule has 0 radical (unpaired) electrons. The molecule has 1 aliphatic heterocycles. The quantitative estimate of drug-likeness (QED) is 0.622. The van der Waals surface area contributed by atoms with Crippen LogP contribution in [0.3, 0.4) is 0 Å². The lowest BCUT2D eigenvalue weighted by atomic mass is 9.88. The van der Waals surface area contributed by atoms with Gasteiger partial charge in [-0.05, 0) is 49.6 Å². The first-order valence-corrected chi connectivity index (χ1v) is 9.47. The Labute approximate surface area is 171 Å². The summed E-state index contributed by atoms with van der Waals surface area (Å²) in [5.41, 5.74) is 12.3. The molecule has 2 heterocycles. The Hall–Kier alpha value is -3.30. The molecule has 1 unspecified atom stereocenters. The van der Waals surface area contributed by atoms with Crippen molar-refractivity contribution in [1.82, 2.24) is 15.2 Å². The first kappa shape index (κ1) is 21.4. The molecule has 2 aromatic rings. The van der Waals surface area contributed by atoms with Crippen LogP contribution in [0.25, 0.3) is 5.57 Å². The monoisotopic (exact) mass is 420 g/mol. The van der Waals surface area contributed by atoms with E-state index in [1.807, 2.05) is 0 Å². The fraction of sp³-hybridized carbons (Fsp3) is 0.350. The maximum atomic E-state index is 13.9. The summed E-state index contributed by atoms with van der Waals surface area (Å²) in [5.74, 6) is -2.56. The normalized spacial score (nSPS) is 18.2. The smallest absolute Gasteiger partial charge is 0.251 e. The minimum Gasteiger partial charge on any atom is -0.404 e. The highest BCUT2D eigenvalue weighted by Gasteiger charge is 2.33. The van der Waals surface area contributed by atoms with Gasteiger partial charge in [-0.2, -0.15) is 4.98 Å². The van der Waals surface area contributed by atoms with Gasteiger partial charge >= 0.3 is 0 Å². The second kappa shape index (κ2) is 9.02. The number of nitrogens with one attached hydrogen (secondary N) is 1. The zero-order valence-corrected chi connectivity index (χ0v) is 16.5. The van der Waals surface area contributed by atoms with Gasteiger partial charge in [-0.25, -0.2) is 13.2 Å². The van der Waals surface area contributed by atoms with Gasteiger partial charge in [0.05, 0.1) is 0 Å². The van der Waals surface area contributed by atoms with E-state index in [0.717, 1.165) is 6.07 Å². The Balaban J connectivity index is 1.83. The highest BCUT2D eigenvalue weighted by atomic mass is 19.2. The summed E-state index contributed by atoms with van der Waals surface area (Å²) in [4.78, 5) is 18.8. The van der Waals surface area contributed by atoms with Gasteiger partial charge in [0.1, 0.15) is 6.67 Å². The first-order chi connectivity index (χ1) is 14.4. The van der Waals surface area contributed by atoms with Gasteiger partial charge in [0.25, 0.3) is 5.95 Å². The molecule has 7 nitrogen and oxygen atoms in total. The number of nitrogens with two attached hydrogens (primary N) is 2. The molecule has 0 bridgehead atoms. The maximum Gasteiger partial charge on any atom is 0.251 e. The Kier molecular flexibility index (Phi) is 6.43. The lowest BCUT2D eigenvalue weighted by molar-refractivity contribution is -0.123. The third kappa shape index (κ3) is 4.03. The second-order valence-electron chi connectivity index (χ2n) is 7.08. The number of aromatic nitrogens is 3. The zero-order chi connectivity index (χ0) is 21.8. The average molecular weight is 420 g/mol. The standard InChI is InChI=1S/C20H23F3N6O/c1-11(9-24)15(10-25)18-26-20(28-27-18)29-6-2-3-13(19(29)30)7-12-4-5-16(22)17(23)14(12)8-21/h4-5,9-10,13H,2-3,6-8,24-25H2,1H3,(H,26,27,28)/b11-9-,15-10+. The minimum atomic E-state index is -1.21. The zero-order valence-electron chi connectivity index (χ0n) is 16.5. The summed E-state index contributed by atoms with van der Waals surface area (Å²) in [5, 5.41) is 6.86. The Morgan fingerprint density at radius 1 is 1.33 bits per heavy atom. The van der Waals surface area contributed by atoms with Gasteiger partial charge in [-0.15, -0.1) is 5.10 Å². The number of nitrogens with zero attached hydrogens (tertiary/aromatic N) is 3. The number of carbonyl (C=O) groups excluding carboxylic acids is 1. The fourth-order valence-corrected chi connectivity index (χ4v) is 3.55. The predicted molar refractivity (Wildman–Crippen MR) is 106 cm³/mol. The van der Waals surface area contributed by atoms with E-state index in [4.69, 9.17) is 11.5 Å². The van der Waals surface area contributed by atoms with Crippen molar-refractivity contribution >= 4 is 17.4 Å². The van der Waals surface area contributed by atoms with Crippen LogP contribution in [-0.2, 0) is 17.9 Å². The largest absolute Gasteiger partial charge is 0.404 e. The van der Waals surface area contributed by atoms with E-state index < -0.39 is 24.2 Å². The van der Waals surface area contributed by atoms with Crippen LogP contribution in [0.15, 0.2) is 30.1 Å². The molecule has 1 amide bonds. The number of allylic oxidation sites excluding steroid dienone is 2. The van der Waals surface area contributed by atoms with Crippen LogP contribution in [-0.4, -0.2) is 27.6 Å². The van der Waals surface area contributed by atoms with E-state index in [2.05, 4.69) is 15.2 Å². The number of piperidine rings is 1. The molecule has 1 fully saturated rings. The third-order valence-corrected chi connectivity index (χ3v) is 5.25. The number of hydrogen-bond acceptors (Lipinski definition) is 5.